The van der Waals surface area contributed by atoms with Gasteiger partial charge in [0.2, 0.25) is 0 Å². The molecule has 78 valence electrons. The molecular weight excluding hydrogens is 225 g/mol. The third-order valence-electron chi connectivity index (χ3n) is 2.18. The summed E-state index contributed by atoms with van der Waals surface area (Å²) in [6.07, 6.45) is 3.28. The number of morpholine rings is 1. The van der Waals surface area contributed by atoms with Crippen LogP contribution in [0.5, 0.6) is 0 Å². The maximum atomic E-state index is 6.28. The number of hydrogen-bond acceptors (Lipinski definition) is 4. The SMILES string of the molecule is ClC1=CC=NC(Cl)(N2CCOCC2)N1. The van der Waals surface area contributed by atoms with Crippen LogP contribution in [0.1, 0.15) is 0 Å². The molecule has 14 heavy (non-hydrogen) atoms. The van der Waals surface area contributed by atoms with Crippen LogP contribution in [0.3, 0.4) is 0 Å². The van der Waals surface area contributed by atoms with E-state index in [1.807, 2.05) is 4.90 Å². The molecule has 6 heteroatoms. The highest BCUT2D eigenvalue weighted by molar-refractivity contribution is 6.32. The van der Waals surface area contributed by atoms with Crippen molar-refractivity contribution < 1.29 is 4.74 Å². The average Bonchev–Trinajstić information content (AvgIpc) is 2.19. The van der Waals surface area contributed by atoms with Crippen LogP contribution in [0.15, 0.2) is 16.2 Å². The zero-order valence-corrected chi connectivity index (χ0v) is 9.05. The summed E-state index contributed by atoms with van der Waals surface area (Å²) in [6, 6.07) is 0. The van der Waals surface area contributed by atoms with E-state index in [1.54, 1.807) is 12.3 Å². The second-order valence-electron chi connectivity index (χ2n) is 3.10. The number of hydrogen-bond donors (Lipinski definition) is 1. The van der Waals surface area contributed by atoms with Gasteiger partial charge in [-0.05, 0) is 6.08 Å². The van der Waals surface area contributed by atoms with Crippen molar-refractivity contribution in [3.05, 3.63) is 11.2 Å². The van der Waals surface area contributed by atoms with Gasteiger partial charge in [0.25, 0.3) is 5.25 Å². The van der Waals surface area contributed by atoms with Gasteiger partial charge in [-0.15, -0.1) is 0 Å². The molecule has 0 radical (unpaired) electrons. The fraction of sp³-hybridized carbons (Fsp3) is 0.625. The van der Waals surface area contributed by atoms with Gasteiger partial charge in [-0.3, -0.25) is 0 Å². The first kappa shape index (κ1) is 10.2. The largest absolute Gasteiger partial charge is 0.379 e. The first-order valence-corrected chi connectivity index (χ1v) is 5.17. The van der Waals surface area contributed by atoms with Crippen molar-refractivity contribution in [3.8, 4) is 0 Å². The van der Waals surface area contributed by atoms with Gasteiger partial charge in [0, 0.05) is 19.3 Å². The van der Waals surface area contributed by atoms with Crippen LogP contribution in [-0.4, -0.2) is 42.7 Å². The van der Waals surface area contributed by atoms with E-state index in [4.69, 9.17) is 27.9 Å². The van der Waals surface area contributed by atoms with E-state index in [2.05, 4.69) is 10.3 Å². The second kappa shape index (κ2) is 4.06. The first-order chi connectivity index (χ1) is 6.71. The summed E-state index contributed by atoms with van der Waals surface area (Å²) in [4.78, 5) is 6.16. The Labute approximate surface area is 92.5 Å². The molecule has 2 heterocycles. The molecule has 2 aliphatic rings. The van der Waals surface area contributed by atoms with Crippen LogP contribution in [0.4, 0.5) is 0 Å². The summed E-state index contributed by atoms with van der Waals surface area (Å²) in [5.41, 5.74) is 0. The zero-order valence-electron chi connectivity index (χ0n) is 7.54. The fourth-order valence-electron chi connectivity index (χ4n) is 1.45. The molecule has 2 rings (SSSR count). The first-order valence-electron chi connectivity index (χ1n) is 4.42. The van der Waals surface area contributed by atoms with Gasteiger partial charge in [0.1, 0.15) is 5.16 Å². The minimum atomic E-state index is -0.935. The third-order valence-corrected chi connectivity index (χ3v) is 2.83. The number of nitrogens with zero attached hydrogens (tertiary/aromatic N) is 2. The van der Waals surface area contributed by atoms with Gasteiger partial charge in [0.15, 0.2) is 0 Å². The monoisotopic (exact) mass is 235 g/mol. The minimum Gasteiger partial charge on any atom is -0.379 e. The average molecular weight is 236 g/mol. The van der Waals surface area contributed by atoms with Crippen LogP contribution in [-0.2, 0) is 4.74 Å². The number of rotatable bonds is 1. The van der Waals surface area contributed by atoms with Gasteiger partial charge < -0.3 is 10.1 Å². The Hall–Kier alpha value is -0.290. The van der Waals surface area contributed by atoms with E-state index in [9.17, 15) is 0 Å². The Morgan fingerprint density at radius 3 is 2.86 bits per heavy atom. The van der Waals surface area contributed by atoms with E-state index in [1.165, 1.54) is 0 Å². The van der Waals surface area contributed by atoms with Crippen molar-refractivity contribution in [1.29, 1.82) is 0 Å². The molecule has 0 aromatic rings. The lowest BCUT2D eigenvalue weighted by molar-refractivity contribution is 0.000942. The topological polar surface area (TPSA) is 36.9 Å². The second-order valence-corrected chi connectivity index (χ2v) is 4.04. The van der Waals surface area contributed by atoms with Crippen molar-refractivity contribution in [2.45, 2.75) is 5.25 Å². The minimum absolute atomic E-state index is 0.501. The molecule has 1 saturated heterocycles. The van der Waals surface area contributed by atoms with Crippen molar-refractivity contribution in [1.82, 2.24) is 10.2 Å². The predicted molar refractivity (Wildman–Crippen MR) is 56.5 cm³/mol. The molecule has 1 fully saturated rings. The highest BCUT2D eigenvalue weighted by atomic mass is 35.5. The Bertz CT molecular complexity index is 276. The highest BCUT2D eigenvalue weighted by Gasteiger charge is 2.36. The van der Waals surface area contributed by atoms with E-state index in [-0.39, 0.29) is 0 Å². The van der Waals surface area contributed by atoms with Crippen LogP contribution < -0.4 is 5.32 Å². The summed E-state index contributed by atoms with van der Waals surface area (Å²) in [5.74, 6) is 0. The van der Waals surface area contributed by atoms with Crippen LogP contribution in [0, 0.1) is 0 Å². The molecule has 4 nitrogen and oxygen atoms in total. The summed E-state index contributed by atoms with van der Waals surface area (Å²) < 4.78 is 5.23. The van der Waals surface area contributed by atoms with Crippen molar-refractivity contribution in [2.75, 3.05) is 26.3 Å². The van der Waals surface area contributed by atoms with Crippen LogP contribution >= 0.6 is 23.2 Å². The van der Waals surface area contributed by atoms with Crippen molar-refractivity contribution >= 4 is 29.4 Å². The maximum Gasteiger partial charge on any atom is 0.268 e. The summed E-state index contributed by atoms with van der Waals surface area (Å²) in [7, 11) is 0. The molecular formula is C8H11Cl2N3O. The molecule has 0 aromatic carbocycles. The smallest absolute Gasteiger partial charge is 0.268 e. The Morgan fingerprint density at radius 2 is 2.21 bits per heavy atom. The van der Waals surface area contributed by atoms with E-state index < -0.39 is 5.25 Å². The lowest BCUT2D eigenvalue weighted by atomic mass is 10.4. The van der Waals surface area contributed by atoms with E-state index >= 15 is 0 Å². The molecule has 0 spiro atoms. The molecule has 0 bridgehead atoms. The zero-order chi connectivity index (χ0) is 10.0. The van der Waals surface area contributed by atoms with E-state index in [0.717, 1.165) is 13.1 Å². The van der Waals surface area contributed by atoms with E-state index in [0.29, 0.717) is 18.4 Å². The van der Waals surface area contributed by atoms with Crippen LogP contribution in [0.2, 0.25) is 0 Å². The van der Waals surface area contributed by atoms with Gasteiger partial charge in [-0.1, -0.05) is 23.2 Å². The Balaban J connectivity index is 2.08. The van der Waals surface area contributed by atoms with Gasteiger partial charge in [-0.25, -0.2) is 9.89 Å². The summed E-state index contributed by atoms with van der Waals surface area (Å²) in [5, 5.41) is 2.49. The molecule has 0 aliphatic carbocycles. The standard InChI is InChI=1S/C8H11Cl2N3O/c9-7-1-2-11-8(10,12-7)13-3-5-14-6-4-13/h1-2,12H,3-6H2. The molecule has 0 aromatic heterocycles. The maximum absolute atomic E-state index is 6.28. The normalized spacial score (nSPS) is 33.7. The quantitative estimate of drug-likeness (QED) is 0.543. The number of ether oxygens (including phenoxy) is 1. The fourth-order valence-corrected chi connectivity index (χ4v) is 2.01. The lowest BCUT2D eigenvalue weighted by Gasteiger charge is -2.39. The Kier molecular flexibility index (Phi) is 2.97. The molecule has 1 atom stereocenters. The third kappa shape index (κ3) is 2.03. The summed E-state index contributed by atoms with van der Waals surface area (Å²) in [6.45, 7) is 2.84. The number of alkyl halides is 1. The molecule has 1 unspecified atom stereocenters. The number of allylic oxidation sites excluding steroid dienone is 1. The molecule has 1 N–H and O–H groups in total. The van der Waals surface area contributed by atoms with Crippen molar-refractivity contribution in [2.24, 2.45) is 4.99 Å². The van der Waals surface area contributed by atoms with Crippen molar-refractivity contribution in [3.63, 3.8) is 0 Å². The molecule has 0 saturated carbocycles. The number of nitrogens with one attached hydrogen (secondary N) is 1. The summed E-state index contributed by atoms with van der Waals surface area (Å²) >= 11 is 12.1. The molecule has 2 aliphatic heterocycles. The number of aliphatic imine (C=N–C) groups is 1. The molecule has 0 amide bonds. The Morgan fingerprint density at radius 1 is 1.50 bits per heavy atom. The predicted octanol–water partition coefficient (Wildman–Crippen LogP) is 0.923. The van der Waals surface area contributed by atoms with Crippen LogP contribution in [0.25, 0.3) is 0 Å². The van der Waals surface area contributed by atoms with Gasteiger partial charge in [-0.2, -0.15) is 0 Å². The van der Waals surface area contributed by atoms with Gasteiger partial charge >= 0.3 is 0 Å². The highest BCUT2D eigenvalue weighted by Crippen LogP contribution is 2.24. The van der Waals surface area contributed by atoms with Gasteiger partial charge in [0.05, 0.1) is 13.2 Å². The number of halogens is 2. The lowest BCUT2D eigenvalue weighted by Crippen LogP contribution is -2.57.